The van der Waals surface area contributed by atoms with Crippen molar-refractivity contribution >= 4 is 128 Å². The Hall–Kier alpha value is -14.3. The molecule has 4 aromatic carbocycles. The summed E-state index contributed by atoms with van der Waals surface area (Å²) in [6.45, 7) is 29.6. The van der Waals surface area contributed by atoms with Gasteiger partial charge in [-0.3, -0.25) is 51.0 Å². The first-order valence-corrected chi connectivity index (χ1v) is 52.7. The van der Waals surface area contributed by atoms with Gasteiger partial charge in [-0.25, -0.2) is 91.3 Å². The first-order valence-electron chi connectivity index (χ1n) is 47.3. The number of benzene rings is 4. The second kappa shape index (κ2) is 49.9. The van der Waals surface area contributed by atoms with Crippen LogP contribution in [0.3, 0.4) is 0 Å². The summed E-state index contributed by atoms with van der Waals surface area (Å²) in [7, 11) is -12.3. The number of sulfonamides is 2. The van der Waals surface area contributed by atoms with E-state index in [1.54, 1.807) is 134 Å². The van der Waals surface area contributed by atoms with Gasteiger partial charge in [-0.2, -0.15) is 8.42 Å². The molecule has 0 spiro atoms. The van der Waals surface area contributed by atoms with Crippen molar-refractivity contribution in [2.45, 2.75) is 190 Å². The van der Waals surface area contributed by atoms with E-state index in [0.29, 0.717) is 74.2 Å². The van der Waals surface area contributed by atoms with Gasteiger partial charge in [0.15, 0.2) is 67.9 Å². The van der Waals surface area contributed by atoms with Crippen molar-refractivity contribution in [3.05, 3.63) is 252 Å². The molecule has 0 bridgehead atoms. The average Bonchev–Trinajstić information content (AvgIpc) is 1.60. The summed E-state index contributed by atoms with van der Waals surface area (Å²) in [6, 6.07) is 35.0. The van der Waals surface area contributed by atoms with Crippen LogP contribution in [0, 0.1) is 13.1 Å². The summed E-state index contributed by atoms with van der Waals surface area (Å²) in [5.74, 6) is -0.547. The number of azide groups is 1. The van der Waals surface area contributed by atoms with Gasteiger partial charge in [0.2, 0.25) is 18.2 Å². The highest BCUT2D eigenvalue weighted by Crippen LogP contribution is 2.59. The van der Waals surface area contributed by atoms with Gasteiger partial charge < -0.3 is 91.6 Å². The smallest absolute Gasteiger partial charge is 0.372 e. The van der Waals surface area contributed by atoms with Crippen LogP contribution >= 0.6 is 16.3 Å². The Balaban J connectivity index is 0.000000193. The molecule has 4 aliphatic heterocycles. The van der Waals surface area contributed by atoms with E-state index >= 15 is 0 Å². The largest absolute Gasteiger partial charge is 0.376 e. The Bertz CT molecular complexity index is 7480. The molecule has 4 fully saturated rings. The number of imidazole rings is 6. The first-order chi connectivity index (χ1) is 72.4. The topological polar surface area (TPSA) is 594 Å². The lowest BCUT2D eigenvalue weighted by Crippen LogP contribution is -2.33. The number of nitrogens with zero attached hydrogens (tertiary/aromatic N) is 26. The van der Waals surface area contributed by atoms with Gasteiger partial charge in [0.05, 0.1) is 94.5 Å². The SMILES string of the molecule is Cn1ccnc1S(=O)(=O)N=[N+]=[N-].[C-]#[N+]CCOP(=NS(=O)(=O)c1nccn1C)(OC[C@H]1O[C@@H](n2cnc3c(NC(=O)c4ccccc4)ncnc32)C[C@H]1OC(C)C)O[C@@H]1C[C@H](n2cnc3c(NC(=O)c4ccccc4)ncnc32)O[C@@H]1COC(C)C.[C-]#[N+]CCOP(OC[C@H]1O[C@@H](n2cnc3c(NC(=O)c4ccccc4)ncnc32)C[C@H]1OC(C)C)O[C@@H]1C[C@H](n2cnc3c(NC(=O)c4ccccc4)ncnc32)O[C@@H]1COC(C)C. The molecule has 4 N–H and O–H groups in total. The third-order valence-corrected chi connectivity index (χ3v) is 29.4. The van der Waals surface area contributed by atoms with Crippen molar-refractivity contribution in [1.29, 1.82) is 0 Å². The van der Waals surface area contributed by atoms with E-state index in [0.717, 1.165) is 0 Å². The van der Waals surface area contributed by atoms with Gasteiger partial charge in [0.25, 0.3) is 38.8 Å². The van der Waals surface area contributed by atoms with Gasteiger partial charge in [-0.05, 0) is 109 Å². The summed E-state index contributed by atoms with van der Waals surface area (Å²) < 4.78 is 157. The molecular formula is C94H106N30O22P2S2. The number of ether oxygens (including phenoxy) is 8. The predicted molar refractivity (Wildman–Crippen MR) is 538 cm³/mol. The molecule has 14 aromatic rings. The van der Waals surface area contributed by atoms with Crippen molar-refractivity contribution in [3.8, 4) is 0 Å². The third kappa shape index (κ3) is 26.7. The minimum absolute atomic E-state index is 0.0230. The van der Waals surface area contributed by atoms with E-state index in [9.17, 15) is 36.0 Å². The molecular weight excluding hydrogens is 2030 g/mol. The molecule has 4 aliphatic rings. The Morgan fingerprint density at radius 3 is 1.12 bits per heavy atom. The van der Waals surface area contributed by atoms with E-state index in [1.807, 2.05) is 73.6 Å². The quantitative estimate of drug-likeness (QED) is 0.00689. The molecule has 4 saturated heterocycles. The molecule has 52 nitrogen and oxygen atoms in total. The van der Waals surface area contributed by atoms with Crippen molar-refractivity contribution in [2.75, 3.05) is 74.0 Å². The molecule has 56 heteroatoms. The first kappa shape index (κ1) is 108. The highest BCUT2D eigenvalue weighted by molar-refractivity contribution is 7.92. The predicted octanol–water partition coefficient (Wildman–Crippen LogP) is 13.3. The van der Waals surface area contributed by atoms with Gasteiger partial charge in [-0.15, -0.1) is 0 Å². The molecule has 0 saturated carbocycles. The lowest BCUT2D eigenvalue weighted by Gasteiger charge is -2.29. The van der Waals surface area contributed by atoms with Crippen LogP contribution in [0.4, 0.5) is 23.3 Å². The molecule has 10 aromatic heterocycles. The van der Waals surface area contributed by atoms with Crippen molar-refractivity contribution in [1.82, 2.24) is 97.2 Å². The monoisotopic (exact) mass is 2130 g/mol. The van der Waals surface area contributed by atoms with Crippen molar-refractivity contribution in [3.63, 3.8) is 0 Å². The second-order valence-corrected chi connectivity index (χ2v) is 41.3. The lowest BCUT2D eigenvalue weighted by molar-refractivity contribution is -0.0807. The highest BCUT2D eigenvalue weighted by atomic mass is 32.2. The zero-order chi connectivity index (χ0) is 106. The zero-order valence-electron chi connectivity index (χ0n) is 82.5. The van der Waals surface area contributed by atoms with E-state index in [1.165, 1.54) is 86.0 Å². The van der Waals surface area contributed by atoms with Gasteiger partial charge in [0.1, 0.15) is 94.0 Å². The maximum atomic E-state index is 14.4. The molecule has 0 aliphatic carbocycles. The molecule has 4 amide bonds. The highest BCUT2D eigenvalue weighted by Gasteiger charge is 2.49. The minimum atomic E-state index is -4.72. The number of aryl methyl sites for hydroxylation is 2. The number of amides is 4. The van der Waals surface area contributed by atoms with Crippen LogP contribution in [0.25, 0.3) is 64.8 Å². The molecule has 14 heterocycles. The van der Waals surface area contributed by atoms with Crippen molar-refractivity contribution in [2.24, 2.45) is 22.8 Å². The number of carbonyl (C=O) groups excluding carboxylic acids is 4. The average molecular weight is 2130 g/mol. The number of anilines is 4. The number of carbonyl (C=O) groups is 4. The Labute approximate surface area is 860 Å². The van der Waals surface area contributed by atoms with E-state index in [2.05, 4.69) is 114 Å². The van der Waals surface area contributed by atoms with Crippen molar-refractivity contribution < 1.29 is 101 Å². The fourth-order valence-electron chi connectivity index (χ4n) is 16.2. The maximum absolute atomic E-state index is 14.4. The van der Waals surface area contributed by atoms with Gasteiger partial charge in [0, 0.05) is 96.3 Å². The lowest BCUT2D eigenvalue weighted by atomic mass is 10.2. The fraction of sp³-hybridized carbons (Fsp3) is 0.404. The molecule has 786 valence electrons. The summed E-state index contributed by atoms with van der Waals surface area (Å²) in [6.07, 6.45) is 9.05. The maximum Gasteiger partial charge on any atom is 0.372 e. The molecule has 2 unspecified atom stereocenters. The van der Waals surface area contributed by atoms with Crippen LogP contribution in [0.15, 0.2) is 216 Å². The van der Waals surface area contributed by atoms with Crippen LogP contribution in [0.2, 0.25) is 0 Å². The fourth-order valence-corrected chi connectivity index (χ4v) is 22.1. The van der Waals surface area contributed by atoms with E-state index in [4.69, 9.17) is 83.7 Å². The molecule has 18 rings (SSSR count). The summed E-state index contributed by atoms with van der Waals surface area (Å²) in [5, 5.41) is 10.6. The number of hydrogen-bond donors (Lipinski definition) is 4. The number of fused-ring (bicyclic) bond motifs is 4. The van der Waals surface area contributed by atoms with Crippen LogP contribution in [-0.4, -0.2) is 264 Å². The number of nitrogens with one attached hydrogen (secondary N) is 4. The van der Waals surface area contributed by atoms with Crippen LogP contribution in [0.5, 0.6) is 0 Å². The van der Waals surface area contributed by atoms with E-state index in [-0.39, 0.29) is 142 Å². The standard InChI is InChI=1S/C47H53N14O11PS.C43H48N11O9P.C4H5N5O2S/c1-29(2)66-23-35-34(22-38(70-35)61-28-55-40-42(51-26-53-44(40)61)57-46(63)32-15-11-8-12-16-32)72-73(67-20-18-48-5,58-74(64,65)47-49-17-19-59(47)6)68-24-36-33(69-30(3)4)21-37(71-36)60-27-54-39-41(50-25-52-43(39)60)56-45(62)31-13-9-7-10-14-31;1-26(2)57-20-32-31(19-35(61-32)54-25-50-37-39(46-23-48-41(37)54)52-43(56)29-14-10-7-11-15-29)63-64(58-17-16-44-5)59-21-33-30(60-27(3)4)18-34(62-33)53-24-49-36-38(45-22-47-40(36)53)51-42(55)28-12-8-6-9-13-28;1-9-3-2-6-4(9)12(10,11)8-7-5/h7-17,19,25-30,33-38H,18,20-24H2,1-4,6H3,(H,50,52,56,62)(H,51,53,57,63);6-15,22-27,30-35H,16-21H2,1-4H3,(H,45,47,51,55)(H,46,48,52,56);2-3H,1H3/t33-,34-,35-,36-,37-,38-,73?;30-,31-,32-,33-,34-,35-,64?;/m11./s1. The number of hydrogen-bond acceptors (Lipinski definition) is 36. The van der Waals surface area contributed by atoms with Crippen LogP contribution in [0.1, 0.15) is 147 Å². The zero-order valence-corrected chi connectivity index (χ0v) is 85.9. The molecule has 150 heavy (non-hydrogen) atoms. The summed E-state index contributed by atoms with van der Waals surface area (Å²) >= 11 is 0. The van der Waals surface area contributed by atoms with Gasteiger partial charge >= 0.3 is 26.4 Å². The minimum Gasteiger partial charge on any atom is -0.376 e. The Morgan fingerprint density at radius 2 is 0.773 bits per heavy atom. The Kier molecular flexibility index (Phi) is 36.0. The Morgan fingerprint density at radius 1 is 0.433 bits per heavy atom. The molecule has 14 atom stereocenters. The number of rotatable bonds is 42. The number of aromatic nitrogens is 20. The third-order valence-electron chi connectivity index (χ3n) is 23.0. The van der Waals surface area contributed by atoms with Gasteiger partial charge in [-0.1, -0.05) is 76.9 Å². The second-order valence-electron chi connectivity index (χ2n) is 35.0. The van der Waals surface area contributed by atoms with Crippen LogP contribution < -0.4 is 21.3 Å². The summed E-state index contributed by atoms with van der Waals surface area (Å²) in [4.78, 5) is 122. The summed E-state index contributed by atoms with van der Waals surface area (Å²) in [5.41, 5.74) is 12.7. The van der Waals surface area contributed by atoms with E-state index < -0.39 is 121 Å². The van der Waals surface area contributed by atoms with Crippen LogP contribution in [-0.2, 0) is 99.2 Å². The molecule has 0 radical (unpaired) electrons. The normalized spacial score (nSPS) is 20.3.